The normalized spacial score (nSPS) is 15.9. The number of amides is 2. The number of nitrogens with one attached hydrogen (secondary N) is 1. The highest BCUT2D eigenvalue weighted by Crippen LogP contribution is 2.30. The molecule has 8 nitrogen and oxygen atoms in total. The minimum absolute atomic E-state index is 0.0237. The number of carbonyl (C=O) groups excluding carboxylic acids is 3. The number of fused-ring (bicyclic) bond motifs is 1. The zero-order chi connectivity index (χ0) is 23.8. The van der Waals surface area contributed by atoms with E-state index in [1.54, 1.807) is 23.1 Å². The monoisotopic (exact) mass is 465 g/mol. The third-order valence-electron chi connectivity index (χ3n) is 6.06. The van der Waals surface area contributed by atoms with Crippen LogP contribution in [0.4, 0.5) is 0 Å². The van der Waals surface area contributed by atoms with E-state index in [0.717, 1.165) is 12.0 Å². The zero-order valence-corrected chi connectivity index (χ0v) is 19.3. The molecule has 1 saturated heterocycles. The lowest BCUT2D eigenvalue weighted by molar-refractivity contribution is -0.133. The molecule has 0 bridgehead atoms. The molecule has 0 atom stereocenters. The van der Waals surface area contributed by atoms with Gasteiger partial charge in [-0.3, -0.25) is 19.3 Å². The summed E-state index contributed by atoms with van der Waals surface area (Å²) >= 11 is 0. The number of nitrogens with zero attached hydrogens (tertiary/aromatic N) is 2. The summed E-state index contributed by atoms with van der Waals surface area (Å²) in [6.45, 7) is 4.38. The molecule has 4 rings (SSSR count). The molecule has 2 aliphatic rings. The summed E-state index contributed by atoms with van der Waals surface area (Å²) in [6.07, 6.45) is 1.13. The number of Topliss-reactive ketones (excluding diaryl/α,β-unsaturated/α-hetero) is 1. The summed E-state index contributed by atoms with van der Waals surface area (Å²) in [5.41, 5.74) is 1.59. The predicted molar refractivity (Wildman–Crippen MR) is 127 cm³/mol. The summed E-state index contributed by atoms with van der Waals surface area (Å²) < 4.78 is 11.3. The van der Waals surface area contributed by atoms with Crippen molar-refractivity contribution >= 4 is 17.6 Å². The van der Waals surface area contributed by atoms with Crippen LogP contribution in [-0.4, -0.2) is 73.3 Å². The molecule has 1 fully saturated rings. The minimum atomic E-state index is -0.0854. The van der Waals surface area contributed by atoms with Crippen LogP contribution in [0.25, 0.3) is 0 Å². The molecule has 34 heavy (non-hydrogen) atoms. The maximum atomic E-state index is 12.6. The predicted octanol–water partition coefficient (Wildman–Crippen LogP) is 2.27. The Morgan fingerprint density at radius 1 is 0.853 bits per heavy atom. The Hall–Kier alpha value is -3.39. The Morgan fingerprint density at radius 2 is 1.59 bits per heavy atom. The molecule has 2 amide bonds. The summed E-state index contributed by atoms with van der Waals surface area (Å²) in [7, 11) is 0. The molecule has 8 heteroatoms. The van der Waals surface area contributed by atoms with E-state index in [9.17, 15) is 14.4 Å². The number of piperazine rings is 1. The summed E-state index contributed by atoms with van der Waals surface area (Å²) in [5, 5.41) is 2.94. The molecule has 0 aromatic heterocycles. The van der Waals surface area contributed by atoms with Gasteiger partial charge in [0.2, 0.25) is 11.8 Å². The SMILES string of the molecule is O=C(CN1CCN(C(=O)CCC(=O)c2ccc3c(c2)OCCCO3)CC1)NCc1ccccc1. The number of hydrogen-bond donors (Lipinski definition) is 1. The fourth-order valence-corrected chi connectivity index (χ4v) is 4.07. The number of ether oxygens (including phenoxy) is 2. The molecule has 2 aliphatic heterocycles. The van der Waals surface area contributed by atoms with Crippen molar-refractivity contribution in [1.29, 1.82) is 0 Å². The summed E-state index contributed by atoms with van der Waals surface area (Å²) in [6, 6.07) is 15.0. The van der Waals surface area contributed by atoms with E-state index in [-0.39, 0.29) is 30.4 Å². The lowest BCUT2D eigenvalue weighted by Gasteiger charge is -2.34. The van der Waals surface area contributed by atoms with Gasteiger partial charge in [-0.25, -0.2) is 0 Å². The number of rotatable bonds is 8. The lowest BCUT2D eigenvalue weighted by atomic mass is 10.1. The molecule has 0 spiro atoms. The van der Waals surface area contributed by atoms with Crippen LogP contribution in [0.3, 0.4) is 0 Å². The third kappa shape index (κ3) is 6.57. The number of ketones is 1. The van der Waals surface area contributed by atoms with Gasteiger partial charge in [-0.1, -0.05) is 30.3 Å². The van der Waals surface area contributed by atoms with Crippen molar-refractivity contribution in [1.82, 2.24) is 15.1 Å². The van der Waals surface area contributed by atoms with E-state index in [2.05, 4.69) is 5.32 Å². The van der Waals surface area contributed by atoms with Gasteiger partial charge in [0.1, 0.15) is 0 Å². The maximum Gasteiger partial charge on any atom is 0.234 e. The van der Waals surface area contributed by atoms with E-state index >= 15 is 0 Å². The Morgan fingerprint density at radius 3 is 2.35 bits per heavy atom. The van der Waals surface area contributed by atoms with Gasteiger partial charge in [-0.2, -0.15) is 0 Å². The van der Waals surface area contributed by atoms with Crippen molar-refractivity contribution in [3.05, 3.63) is 59.7 Å². The molecular weight excluding hydrogens is 434 g/mol. The van der Waals surface area contributed by atoms with Crippen molar-refractivity contribution in [2.45, 2.75) is 25.8 Å². The summed E-state index contributed by atoms with van der Waals surface area (Å²) in [4.78, 5) is 41.3. The minimum Gasteiger partial charge on any atom is -0.490 e. The lowest BCUT2D eigenvalue weighted by Crippen LogP contribution is -2.51. The molecule has 1 N–H and O–H groups in total. The maximum absolute atomic E-state index is 12.6. The van der Waals surface area contributed by atoms with Crippen LogP contribution in [-0.2, 0) is 16.1 Å². The second kappa shape index (κ2) is 11.7. The number of hydrogen-bond acceptors (Lipinski definition) is 6. The van der Waals surface area contributed by atoms with E-state index in [0.29, 0.717) is 69.5 Å². The van der Waals surface area contributed by atoms with E-state index in [1.807, 2.05) is 35.2 Å². The molecule has 0 radical (unpaired) electrons. The van der Waals surface area contributed by atoms with Gasteiger partial charge in [-0.05, 0) is 23.8 Å². The first-order chi connectivity index (χ1) is 16.6. The first kappa shape index (κ1) is 23.8. The highest BCUT2D eigenvalue weighted by atomic mass is 16.5. The van der Waals surface area contributed by atoms with E-state index < -0.39 is 0 Å². The van der Waals surface area contributed by atoms with Crippen LogP contribution < -0.4 is 14.8 Å². The Labute approximate surface area is 199 Å². The van der Waals surface area contributed by atoms with Crippen molar-refractivity contribution < 1.29 is 23.9 Å². The average Bonchev–Trinajstić information content (AvgIpc) is 3.12. The molecule has 0 aliphatic carbocycles. The smallest absolute Gasteiger partial charge is 0.234 e. The Kier molecular flexibility index (Phi) is 8.14. The summed E-state index contributed by atoms with van der Waals surface area (Å²) in [5.74, 6) is 1.09. The Balaban J connectivity index is 1.17. The topological polar surface area (TPSA) is 88.2 Å². The average molecular weight is 466 g/mol. The largest absolute Gasteiger partial charge is 0.490 e. The van der Waals surface area contributed by atoms with Crippen LogP contribution in [0, 0.1) is 0 Å². The first-order valence-corrected chi connectivity index (χ1v) is 11.8. The molecule has 2 aromatic rings. The molecule has 2 aromatic carbocycles. The van der Waals surface area contributed by atoms with Crippen LogP contribution in [0.2, 0.25) is 0 Å². The highest BCUT2D eigenvalue weighted by molar-refractivity contribution is 5.98. The van der Waals surface area contributed by atoms with Gasteiger partial charge >= 0.3 is 0 Å². The van der Waals surface area contributed by atoms with Gasteiger partial charge in [0.25, 0.3) is 0 Å². The molecule has 0 unspecified atom stereocenters. The molecule has 2 heterocycles. The van der Waals surface area contributed by atoms with Gasteiger partial charge in [0, 0.05) is 57.5 Å². The van der Waals surface area contributed by atoms with Gasteiger partial charge in [-0.15, -0.1) is 0 Å². The quantitative estimate of drug-likeness (QED) is 0.602. The standard InChI is InChI=1S/C26H31N3O5/c30-22(21-7-9-23-24(17-21)34-16-4-15-33-23)8-10-26(32)29-13-11-28(12-14-29)19-25(31)27-18-20-5-2-1-3-6-20/h1-3,5-7,9,17H,4,8,10-16,18-19H2,(H,27,31). The number of benzene rings is 2. The highest BCUT2D eigenvalue weighted by Gasteiger charge is 2.23. The van der Waals surface area contributed by atoms with Crippen molar-refractivity contribution in [2.24, 2.45) is 0 Å². The first-order valence-electron chi connectivity index (χ1n) is 11.8. The van der Waals surface area contributed by atoms with Crippen LogP contribution >= 0.6 is 0 Å². The van der Waals surface area contributed by atoms with Crippen LogP contribution in [0.15, 0.2) is 48.5 Å². The second-order valence-corrected chi connectivity index (χ2v) is 8.55. The third-order valence-corrected chi connectivity index (χ3v) is 6.06. The Bertz CT molecular complexity index is 1000. The van der Waals surface area contributed by atoms with E-state index in [4.69, 9.17) is 9.47 Å². The zero-order valence-electron chi connectivity index (χ0n) is 19.3. The number of carbonyl (C=O) groups is 3. The van der Waals surface area contributed by atoms with Gasteiger partial charge in [0.15, 0.2) is 17.3 Å². The second-order valence-electron chi connectivity index (χ2n) is 8.55. The molecular formula is C26H31N3O5. The van der Waals surface area contributed by atoms with Crippen molar-refractivity contribution in [3.63, 3.8) is 0 Å². The van der Waals surface area contributed by atoms with Gasteiger partial charge in [0.05, 0.1) is 19.8 Å². The van der Waals surface area contributed by atoms with Crippen molar-refractivity contribution in [2.75, 3.05) is 45.9 Å². The molecule has 0 saturated carbocycles. The van der Waals surface area contributed by atoms with Crippen LogP contribution in [0.5, 0.6) is 11.5 Å². The van der Waals surface area contributed by atoms with Crippen molar-refractivity contribution in [3.8, 4) is 11.5 Å². The fraction of sp³-hybridized carbons (Fsp3) is 0.423. The molecule has 180 valence electrons. The van der Waals surface area contributed by atoms with Gasteiger partial charge < -0.3 is 19.7 Å². The van der Waals surface area contributed by atoms with E-state index in [1.165, 1.54) is 0 Å². The van der Waals surface area contributed by atoms with Crippen LogP contribution in [0.1, 0.15) is 35.2 Å². The fourth-order valence-electron chi connectivity index (χ4n) is 4.07.